The number of carbonyl (C=O) groups is 1. The van der Waals surface area contributed by atoms with Gasteiger partial charge in [0, 0.05) is 6.42 Å². The van der Waals surface area contributed by atoms with Gasteiger partial charge in [0.05, 0.1) is 39.9 Å². The molecule has 0 saturated carbocycles. The number of carbonyl (C=O) groups excluding carboxylic acids is 1. The van der Waals surface area contributed by atoms with Gasteiger partial charge in [-0.25, -0.2) is 4.57 Å². The van der Waals surface area contributed by atoms with Crippen molar-refractivity contribution < 1.29 is 32.9 Å². The summed E-state index contributed by atoms with van der Waals surface area (Å²) in [6, 6.07) is -0.764. The predicted octanol–water partition coefficient (Wildman–Crippen LogP) is 24.3. The van der Waals surface area contributed by atoms with E-state index in [2.05, 4.69) is 104 Å². The molecule has 0 aliphatic heterocycles. The van der Waals surface area contributed by atoms with Crippen LogP contribution >= 0.6 is 7.82 Å². The van der Waals surface area contributed by atoms with E-state index in [1.807, 2.05) is 21.1 Å². The van der Waals surface area contributed by atoms with Crippen LogP contribution in [0.3, 0.4) is 0 Å². The van der Waals surface area contributed by atoms with E-state index in [1.165, 1.54) is 244 Å². The first-order valence-corrected chi connectivity index (χ1v) is 38.9. The molecule has 0 aliphatic carbocycles. The first kappa shape index (κ1) is 84.7. The normalized spacial score (nSPS) is 14.1. The Morgan fingerprint density at radius 2 is 0.690 bits per heavy atom. The minimum atomic E-state index is -4.33. The van der Waals surface area contributed by atoms with Gasteiger partial charge in [-0.2, -0.15) is 0 Å². The molecule has 0 aromatic carbocycles. The van der Waals surface area contributed by atoms with E-state index >= 15 is 0 Å². The largest absolute Gasteiger partial charge is 0.472 e. The summed E-state index contributed by atoms with van der Waals surface area (Å²) in [7, 11) is 1.63. The van der Waals surface area contributed by atoms with Crippen LogP contribution in [-0.2, 0) is 18.4 Å². The fourth-order valence-electron chi connectivity index (χ4n) is 11.2. The highest BCUT2D eigenvalue weighted by Gasteiger charge is 2.28. The van der Waals surface area contributed by atoms with Crippen LogP contribution < -0.4 is 5.32 Å². The molecule has 0 radical (unpaired) electrons. The van der Waals surface area contributed by atoms with Crippen molar-refractivity contribution >= 4 is 13.7 Å². The topological polar surface area (TPSA) is 105 Å². The lowest BCUT2D eigenvalue weighted by Gasteiger charge is -2.26. The number of likely N-dealkylation sites (N-methyl/N-ethyl adjacent to an activating group) is 1. The van der Waals surface area contributed by atoms with E-state index in [1.54, 1.807) is 0 Å². The summed E-state index contributed by atoms with van der Waals surface area (Å²) in [6.45, 7) is 4.82. The third-order valence-electron chi connectivity index (χ3n) is 16.9. The van der Waals surface area contributed by atoms with E-state index in [0.717, 1.165) is 83.5 Å². The fraction of sp³-hybridized carbons (Fsp3) is 0.808. The molecule has 0 aromatic rings. The number of unbranched alkanes of at least 4 members (excludes halogenated alkanes) is 42. The summed E-state index contributed by atoms with van der Waals surface area (Å²) >= 11 is 0. The van der Waals surface area contributed by atoms with Crippen LogP contribution in [0.15, 0.2) is 85.1 Å². The van der Waals surface area contributed by atoms with Crippen LogP contribution in [0.5, 0.6) is 0 Å². The van der Waals surface area contributed by atoms with Gasteiger partial charge in [0.25, 0.3) is 0 Å². The zero-order valence-corrected chi connectivity index (χ0v) is 59.2. The molecule has 3 atom stereocenters. The third kappa shape index (κ3) is 71.0. The number of amides is 1. The molecule has 0 rings (SSSR count). The van der Waals surface area contributed by atoms with E-state index in [4.69, 9.17) is 9.05 Å². The van der Waals surface area contributed by atoms with Crippen LogP contribution in [0.1, 0.15) is 354 Å². The molecule has 0 saturated heterocycles. The lowest BCUT2D eigenvalue weighted by atomic mass is 10.0. The van der Waals surface area contributed by atoms with Crippen molar-refractivity contribution in [2.75, 3.05) is 40.9 Å². The molecule has 0 bridgehead atoms. The highest BCUT2D eigenvalue weighted by molar-refractivity contribution is 7.47. The minimum Gasteiger partial charge on any atom is -0.391 e. The number of hydrogen-bond donors (Lipinski definition) is 3. The molecule has 3 N–H and O–H groups in total. The van der Waals surface area contributed by atoms with Crippen molar-refractivity contribution in [2.24, 2.45) is 0 Å². The molecule has 508 valence electrons. The Balaban J connectivity index is 3.95. The first-order valence-electron chi connectivity index (χ1n) is 37.5. The molecule has 0 spiro atoms. The molecule has 0 heterocycles. The van der Waals surface area contributed by atoms with Gasteiger partial charge in [-0.15, -0.1) is 0 Å². The number of aliphatic hydroxyl groups excluding tert-OH is 1. The number of rotatable bonds is 69. The molecule has 0 aliphatic rings. The maximum absolute atomic E-state index is 13.1. The van der Waals surface area contributed by atoms with Gasteiger partial charge in [0.15, 0.2) is 0 Å². The van der Waals surface area contributed by atoms with Crippen LogP contribution in [0.25, 0.3) is 0 Å². The quantitative estimate of drug-likeness (QED) is 0.0243. The maximum atomic E-state index is 13.1. The Labute approximate surface area is 541 Å². The molecule has 8 nitrogen and oxygen atoms in total. The maximum Gasteiger partial charge on any atom is 0.472 e. The number of nitrogens with zero attached hydrogens (tertiary/aromatic N) is 1. The summed E-state index contributed by atoms with van der Waals surface area (Å²) in [6.07, 6.45) is 97.0. The fourth-order valence-corrected chi connectivity index (χ4v) is 11.9. The van der Waals surface area contributed by atoms with Crippen molar-refractivity contribution in [3.8, 4) is 0 Å². The van der Waals surface area contributed by atoms with E-state index in [9.17, 15) is 19.4 Å². The molecule has 9 heteroatoms. The molecule has 0 aromatic heterocycles. The molecule has 87 heavy (non-hydrogen) atoms. The zero-order valence-electron chi connectivity index (χ0n) is 58.3. The van der Waals surface area contributed by atoms with Gasteiger partial charge in [0.1, 0.15) is 13.2 Å². The molecule has 3 unspecified atom stereocenters. The Bertz CT molecular complexity index is 1700. The van der Waals surface area contributed by atoms with E-state index in [0.29, 0.717) is 23.9 Å². The lowest BCUT2D eigenvalue weighted by molar-refractivity contribution is -0.870. The second kappa shape index (κ2) is 68.1. The van der Waals surface area contributed by atoms with E-state index < -0.39 is 20.0 Å². The van der Waals surface area contributed by atoms with Crippen molar-refractivity contribution in [3.05, 3.63) is 85.1 Å². The monoisotopic (exact) mass is 1240 g/mol. The Kier molecular flexibility index (Phi) is 66.2. The van der Waals surface area contributed by atoms with Crippen LogP contribution in [0, 0.1) is 0 Å². The van der Waals surface area contributed by atoms with Gasteiger partial charge < -0.3 is 19.8 Å². The van der Waals surface area contributed by atoms with Gasteiger partial charge in [-0.05, 0) is 70.6 Å². The van der Waals surface area contributed by atoms with Crippen molar-refractivity contribution in [1.29, 1.82) is 0 Å². The number of quaternary nitrogens is 1. The predicted molar refractivity (Wildman–Crippen MR) is 383 cm³/mol. The summed E-state index contributed by atoms with van der Waals surface area (Å²) in [4.78, 5) is 23.5. The Morgan fingerprint density at radius 3 is 1.01 bits per heavy atom. The summed E-state index contributed by atoms with van der Waals surface area (Å²) in [5.41, 5.74) is 0. The van der Waals surface area contributed by atoms with Crippen molar-refractivity contribution in [3.63, 3.8) is 0 Å². The smallest absolute Gasteiger partial charge is 0.391 e. The molecule has 1 amide bonds. The Hall–Kier alpha value is -2.32. The minimum absolute atomic E-state index is 0.0747. The second-order valence-corrected chi connectivity index (χ2v) is 28.1. The number of nitrogens with one attached hydrogen (secondary N) is 1. The summed E-state index contributed by atoms with van der Waals surface area (Å²) < 4.78 is 23.9. The molecular formula is C78H146N2O6P+. The number of phosphoric ester groups is 1. The van der Waals surface area contributed by atoms with Crippen LogP contribution in [-0.4, -0.2) is 73.4 Å². The Morgan fingerprint density at radius 1 is 0.402 bits per heavy atom. The highest BCUT2D eigenvalue weighted by Crippen LogP contribution is 2.43. The SMILES string of the molecule is CC/C=C\C/C=C\C/C=C\C/C=C\C/C=C\C/C=C\C/C=C\CCCCCCCCCCCCCCCCCCCCCC(=O)NC(COP(=O)(O)OCC[N+](C)(C)C)C(O)CCCCCCCCCCCCCCCCCCCCCCCCCC. The van der Waals surface area contributed by atoms with Gasteiger partial charge in [-0.1, -0.05) is 362 Å². The zero-order chi connectivity index (χ0) is 63.4. The number of hydrogen-bond acceptors (Lipinski definition) is 5. The first-order chi connectivity index (χ1) is 42.5. The second-order valence-electron chi connectivity index (χ2n) is 26.7. The number of allylic oxidation sites excluding steroid dienone is 14. The van der Waals surface area contributed by atoms with Crippen LogP contribution in [0.4, 0.5) is 0 Å². The van der Waals surface area contributed by atoms with E-state index in [-0.39, 0.29) is 19.1 Å². The number of phosphoric acid groups is 1. The standard InChI is InChI=1S/C78H145N2O6P/c1-6-8-10-12-14-16-18-20-22-24-26-28-30-32-33-34-35-36-37-38-39-40-41-42-43-44-45-46-47-48-50-52-54-56-58-60-62-64-66-68-70-72-78(82)79-76(75-86-87(83,84)85-74-73-80(3,4)5)77(81)71-69-67-65-63-61-59-57-55-53-51-49-31-29-27-25-23-21-19-17-15-13-11-9-7-2/h8,10,14,16,20,22,26,28,32-33,35-36,38-39,76-77,81H,6-7,9,11-13,15,17-19,21,23-25,27,29-31,34,37,40-75H2,1-5H3,(H-,79,82,83,84)/p+1/b10-8-,16-14-,22-20-,28-26-,33-32-,36-35-,39-38-. The third-order valence-corrected chi connectivity index (χ3v) is 17.9. The van der Waals surface area contributed by atoms with Gasteiger partial charge >= 0.3 is 7.82 Å². The van der Waals surface area contributed by atoms with Crippen LogP contribution in [0.2, 0.25) is 0 Å². The lowest BCUT2D eigenvalue weighted by Crippen LogP contribution is -2.46. The number of aliphatic hydroxyl groups is 1. The summed E-state index contributed by atoms with van der Waals surface area (Å²) in [5, 5.41) is 14.2. The average Bonchev–Trinajstić information content (AvgIpc) is 3.71. The van der Waals surface area contributed by atoms with Gasteiger partial charge in [0.2, 0.25) is 5.91 Å². The van der Waals surface area contributed by atoms with Crippen molar-refractivity contribution in [1.82, 2.24) is 5.32 Å². The molecular weight excluding hydrogens is 1090 g/mol. The summed E-state index contributed by atoms with van der Waals surface area (Å²) in [5.74, 6) is -0.139. The van der Waals surface area contributed by atoms with Crippen molar-refractivity contribution in [2.45, 2.75) is 366 Å². The highest BCUT2D eigenvalue weighted by atomic mass is 31.2. The average molecular weight is 1240 g/mol. The molecule has 0 fully saturated rings. The van der Waals surface area contributed by atoms with Gasteiger partial charge in [-0.3, -0.25) is 13.8 Å².